The summed E-state index contributed by atoms with van der Waals surface area (Å²) in [5, 5.41) is 4.60. The average Bonchev–Trinajstić information content (AvgIpc) is 3.66. The fourth-order valence-electron chi connectivity index (χ4n) is 10.1. The van der Waals surface area contributed by atoms with Crippen molar-refractivity contribution in [2.45, 2.75) is 12.3 Å². The first-order valence-corrected chi connectivity index (χ1v) is 21.6. The van der Waals surface area contributed by atoms with Crippen LogP contribution in [0.25, 0.3) is 66.1 Å². The lowest BCUT2D eigenvalue weighted by atomic mass is 9.67. The highest BCUT2D eigenvalue weighted by Gasteiger charge is 2.46. The molecule has 0 saturated carbocycles. The van der Waals surface area contributed by atoms with Crippen molar-refractivity contribution in [1.29, 1.82) is 0 Å². The topological polar surface area (TPSA) is 29.0 Å². The molecular formula is C60H41N3. The van der Waals surface area contributed by atoms with Gasteiger partial charge in [0.1, 0.15) is 0 Å². The van der Waals surface area contributed by atoms with Crippen molar-refractivity contribution in [3.05, 3.63) is 258 Å². The van der Waals surface area contributed by atoms with Crippen molar-refractivity contribution < 1.29 is 0 Å². The van der Waals surface area contributed by atoms with E-state index in [1.807, 2.05) is 12.3 Å². The molecule has 0 fully saturated rings. The number of hydrogen-bond donors (Lipinski definition) is 0. The lowest BCUT2D eigenvalue weighted by molar-refractivity contribution is 0.769. The molecule has 1 aliphatic carbocycles. The minimum Gasteiger partial charge on any atom is -0.310 e. The molecule has 9 aromatic carbocycles. The summed E-state index contributed by atoms with van der Waals surface area (Å²) < 4.78 is 0. The monoisotopic (exact) mass is 803 g/mol. The molecule has 0 unspecified atom stereocenters. The highest BCUT2D eigenvalue weighted by Crippen LogP contribution is 2.56. The van der Waals surface area contributed by atoms with Crippen molar-refractivity contribution >= 4 is 49.6 Å². The van der Waals surface area contributed by atoms with Gasteiger partial charge in [0.2, 0.25) is 0 Å². The van der Waals surface area contributed by atoms with Gasteiger partial charge in [-0.25, -0.2) is 4.98 Å². The van der Waals surface area contributed by atoms with E-state index in [4.69, 9.17) is 9.97 Å². The smallest absolute Gasteiger partial charge is 0.0972 e. The van der Waals surface area contributed by atoms with Gasteiger partial charge < -0.3 is 4.90 Å². The van der Waals surface area contributed by atoms with Gasteiger partial charge in [0, 0.05) is 39.3 Å². The molecule has 2 heterocycles. The Kier molecular flexibility index (Phi) is 8.62. The fraction of sp³-hybridized carbons (Fsp3) is 0.0333. The summed E-state index contributed by atoms with van der Waals surface area (Å²) in [4.78, 5) is 12.3. The summed E-state index contributed by atoms with van der Waals surface area (Å²) >= 11 is 0. The first-order chi connectivity index (χ1) is 31.1. The molecule has 0 spiro atoms. The molecule has 1 aliphatic rings. The molecule has 0 amide bonds. The van der Waals surface area contributed by atoms with Gasteiger partial charge >= 0.3 is 0 Å². The van der Waals surface area contributed by atoms with Crippen molar-refractivity contribution in [3.8, 4) is 33.5 Å². The van der Waals surface area contributed by atoms with E-state index in [-0.39, 0.29) is 0 Å². The van der Waals surface area contributed by atoms with Crippen molar-refractivity contribution in [2.75, 3.05) is 4.90 Å². The summed E-state index contributed by atoms with van der Waals surface area (Å²) in [5.74, 6) is 0. The lowest BCUT2D eigenvalue weighted by Crippen LogP contribution is -2.28. The van der Waals surface area contributed by atoms with Gasteiger partial charge in [0.05, 0.1) is 27.8 Å². The summed E-state index contributed by atoms with van der Waals surface area (Å²) in [6.45, 7) is 2.14. The van der Waals surface area contributed by atoms with Gasteiger partial charge in [-0.3, -0.25) is 4.98 Å². The van der Waals surface area contributed by atoms with Gasteiger partial charge in [0.15, 0.2) is 0 Å². The van der Waals surface area contributed by atoms with Crippen LogP contribution in [-0.2, 0) is 5.41 Å². The third-order valence-corrected chi connectivity index (χ3v) is 13.0. The molecule has 296 valence electrons. The molecule has 0 aliphatic heterocycles. The molecule has 0 atom stereocenters. The second-order valence-electron chi connectivity index (χ2n) is 16.6. The van der Waals surface area contributed by atoms with E-state index in [0.29, 0.717) is 0 Å². The van der Waals surface area contributed by atoms with E-state index in [9.17, 15) is 0 Å². The predicted molar refractivity (Wildman–Crippen MR) is 262 cm³/mol. The number of rotatable bonds is 7. The zero-order chi connectivity index (χ0) is 41.9. The minimum atomic E-state index is -0.568. The lowest BCUT2D eigenvalue weighted by Gasteiger charge is -2.35. The van der Waals surface area contributed by atoms with Gasteiger partial charge in [-0.2, -0.15) is 0 Å². The molecule has 3 nitrogen and oxygen atoms in total. The van der Waals surface area contributed by atoms with Crippen molar-refractivity contribution in [2.24, 2.45) is 0 Å². The van der Waals surface area contributed by atoms with Crippen LogP contribution < -0.4 is 4.90 Å². The highest BCUT2D eigenvalue weighted by atomic mass is 15.1. The maximum atomic E-state index is 5.20. The van der Waals surface area contributed by atoms with E-state index in [1.165, 1.54) is 49.7 Å². The van der Waals surface area contributed by atoms with Crippen LogP contribution in [0, 0.1) is 6.92 Å². The predicted octanol–water partition coefficient (Wildman–Crippen LogP) is 15.4. The molecule has 3 heteroatoms. The molecule has 0 saturated heterocycles. The Morgan fingerprint density at radius 1 is 0.413 bits per heavy atom. The zero-order valence-electron chi connectivity index (χ0n) is 34.8. The Bertz CT molecular complexity index is 3480. The Morgan fingerprint density at radius 3 is 1.78 bits per heavy atom. The van der Waals surface area contributed by atoms with E-state index in [0.717, 1.165) is 61.3 Å². The average molecular weight is 804 g/mol. The van der Waals surface area contributed by atoms with Gasteiger partial charge in [-0.1, -0.05) is 175 Å². The zero-order valence-corrected chi connectivity index (χ0v) is 34.8. The minimum absolute atomic E-state index is 0.568. The molecule has 12 rings (SSSR count). The number of benzene rings is 9. The van der Waals surface area contributed by atoms with Crippen LogP contribution in [0.4, 0.5) is 17.1 Å². The van der Waals surface area contributed by atoms with Crippen LogP contribution >= 0.6 is 0 Å². The normalized spacial score (nSPS) is 12.7. The van der Waals surface area contributed by atoms with Crippen molar-refractivity contribution in [3.63, 3.8) is 0 Å². The van der Waals surface area contributed by atoms with E-state index >= 15 is 0 Å². The second kappa shape index (κ2) is 14.8. The summed E-state index contributed by atoms with van der Waals surface area (Å²) in [7, 11) is 0. The summed E-state index contributed by atoms with van der Waals surface area (Å²) in [5.41, 5.74) is 17.7. The van der Waals surface area contributed by atoms with Crippen LogP contribution in [0.1, 0.15) is 27.8 Å². The Balaban J connectivity index is 1.01. The number of anilines is 3. The second-order valence-corrected chi connectivity index (χ2v) is 16.6. The Labute approximate surface area is 367 Å². The first kappa shape index (κ1) is 36.7. The third kappa shape index (κ3) is 5.96. The van der Waals surface area contributed by atoms with Crippen LogP contribution in [0.5, 0.6) is 0 Å². The third-order valence-electron chi connectivity index (χ3n) is 13.0. The number of pyridine rings is 2. The number of nitrogens with zero attached hydrogens (tertiary/aromatic N) is 3. The van der Waals surface area contributed by atoms with Gasteiger partial charge in [-0.15, -0.1) is 0 Å². The van der Waals surface area contributed by atoms with Crippen LogP contribution in [0.2, 0.25) is 0 Å². The first-order valence-electron chi connectivity index (χ1n) is 21.6. The molecule has 0 N–H and O–H groups in total. The number of aromatic nitrogens is 2. The quantitative estimate of drug-likeness (QED) is 0.150. The largest absolute Gasteiger partial charge is 0.310 e. The Morgan fingerprint density at radius 2 is 1.00 bits per heavy atom. The highest BCUT2D eigenvalue weighted by molar-refractivity contribution is 6.03. The maximum absolute atomic E-state index is 5.20. The van der Waals surface area contributed by atoms with E-state index in [2.05, 4.69) is 230 Å². The van der Waals surface area contributed by atoms with Crippen molar-refractivity contribution in [1.82, 2.24) is 9.97 Å². The van der Waals surface area contributed by atoms with E-state index < -0.39 is 5.41 Å². The van der Waals surface area contributed by atoms with Crippen LogP contribution in [0.15, 0.2) is 231 Å². The molecule has 11 aromatic rings. The van der Waals surface area contributed by atoms with Gasteiger partial charge in [0.25, 0.3) is 0 Å². The molecule has 2 aromatic heterocycles. The number of aryl methyl sites for hydroxylation is 1. The van der Waals surface area contributed by atoms with E-state index in [1.54, 1.807) is 0 Å². The van der Waals surface area contributed by atoms with Crippen LogP contribution in [-0.4, -0.2) is 9.97 Å². The van der Waals surface area contributed by atoms with Crippen LogP contribution in [0.3, 0.4) is 0 Å². The molecular weight excluding hydrogens is 763 g/mol. The number of fused-ring (bicyclic) bond motifs is 7. The SMILES string of the molecule is Cc1ccc(N(c2ccc(C3(c4cccc(-c5cccc(-c6ccc7ccc8cccnc8c7n6)c5)c4)c4ccccc4-c4ccccc43)cc2)c2cccc3ccccc23)cc1. The molecule has 0 bridgehead atoms. The molecule has 63 heavy (non-hydrogen) atoms. The molecule has 0 radical (unpaired) electrons. The van der Waals surface area contributed by atoms with Gasteiger partial charge in [-0.05, 0) is 111 Å². The standard InChI is InChI=1S/C60H41N3/c1-40-25-32-49(33-26-40)63(57-24-10-13-41-12-2-3-19-51(41)57)50-34-30-47(31-35-50)60(54-22-6-4-20-52(54)53-21-5-7-23-55(53)60)48-18-9-15-45(39-48)44-14-8-16-46(38-44)56-36-29-43-28-27-42-17-11-37-61-58(42)59(43)62-56/h2-39H,1H3. The summed E-state index contributed by atoms with van der Waals surface area (Å²) in [6, 6.07) is 82.0. The Hall–Kier alpha value is -8.14. The fourth-order valence-corrected chi connectivity index (χ4v) is 10.1. The number of hydrogen-bond acceptors (Lipinski definition) is 3. The summed E-state index contributed by atoms with van der Waals surface area (Å²) in [6.07, 6.45) is 1.85. The maximum Gasteiger partial charge on any atom is 0.0972 e.